The van der Waals surface area contributed by atoms with Crippen LogP contribution in [0.4, 0.5) is 4.39 Å². The molecule has 2 aromatic carbocycles. The van der Waals surface area contributed by atoms with Crippen LogP contribution in [0.5, 0.6) is 0 Å². The molecule has 94 valence electrons. The van der Waals surface area contributed by atoms with Crippen LogP contribution >= 0.6 is 22.6 Å². The van der Waals surface area contributed by atoms with Crippen LogP contribution in [0.25, 0.3) is 0 Å². The maximum absolute atomic E-state index is 13.3. The van der Waals surface area contributed by atoms with Gasteiger partial charge in [0.1, 0.15) is 5.82 Å². The fourth-order valence-corrected chi connectivity index (χ4v) is 2.33. The van der Waals surface area contributed by atoms with Crippen LogP contribution < -0.4 is 5.73 Å². The summed E-state index contributed by atoms with van der Waals surface area (Å²) < 4.78 is 14.5. The first-order valence-corrected chi connectivity index (χ1v) is 6.89. The summed E-state index contributed by atoms with van der Waals surface area (Å²) in [5, 5.41) is 0. The topological polar surface area (TPSA) is 26.0 Å². The lowest BCUT2D eigenvalue weighted by molar-refractivity contribution is 0.617. The molecule has 0 amide bonds. The van der Waals surface area contributed by atoms with Gasteiger partial charge in [0.2, 0.25) is 0 Å². The fourth-order valence-electron chi connectivity index (χ4n) is 1.97. The molecule has 3 heteroatoms. The van der Waals surface area contributed by atoms with Gasteiger partial charge in [0.05, 0.1) is 0 Å². The number of rotatable bonds is 3. The zero-order valence-corrected chi connectivity index (χ0v) is 12.3. The Labute approximate surface area is 120 Å². The van der Waals surface area contributed by atoms with E-state index in [1.54, 1.807) is 0 Å². The van der Waals surface area contributed by atoms with E-state index < -0.39 is 0 Å². The highest BCUT2D eigenvalue weighted by atomic mass is 127. The minimum absolute atomic E-state index is 0.167. The van der Waals surface area contributed by atoms with Gasteiger partial charge in [-0.2, -0.15) is 0 Å². The Morgan fingerprint density at radius 1 is 1.17 bits per heavy atom. The van der Waals surface area contributed by atoms with Crippen molar-refractivity contribution in [1.29, 1.82) is 0 Å². The largest absolute Gasteiger partial charge is 0.324 e. The van der Waals surface area contributed by atoms with E-state index in [9.17, 15) is 4.39 Å². The monoisotopic (exact) mass is 355 g/mol. The van der Waals surface area contributed by atoms with E-state index in [1.165, 1.54) is 21.3 Å². The molecule has 0 bridgehead atoms. The maximum atomic E-state index is 13.3. The quantitative estimate of drug-likeness (QED) is 0.829. The molecule has 0 fully saturated rings. The summed E-state index contributed by atoms with van der Waals surface area (Å²) >= 11 is 2.27. The van der Waals surface area contributed by atoms with Gasteiger partial charge in [-0.15, -0.1) is 0 Å². The molecule has 0 saturated heterocycles. The standard InChI is InChI=1S/C15H15FIN/c1-10-6-12(9-13(16)7-10)15(18)8-11-2-4-14(17)5-3-11/h2-7,9,15H,8,18H2,1H3. The molecule has 0 aliphatic heterocycles. The third kappa shape index (κ3) is 3.53. The van der Waals surface area contributed by atoms with E-state index in [-0.39, 0.29) is 11.9 Å². The van der Waals surface area contributed by atoms with E-state index in [2.05, 4.69) is 46.9 Å². The number of hydrogen-bond acceptors (Lipinski definition) is 1. The van der Waals surface area contributed by atoms with Crippen molar-refractivity contribution in [2.45, 2.75) is 19.4 Å². The predicted molar refractivity (Wildman–Crippen MR) is 80.9 cm³/mol. The Morgan fingerprint density at radius 2 is 1.83 bits per heavy atom. The normalized spacial score (nSPS) is 12.4. The van der Waals surface area contributed by atoms with Crippen molar-refractivity contribution in [1.82, 2.24) is 0 Å². The Hall–Kier alpha value is -0.940. The van der Waals surface area contributed by atoms with Crippen molar-refractivity contribution in [2.24, 2.45) is 5.73 Å². The minimum atomic E-state index is -0.219. The highest BCUT2D eigenvalue weighted by Gasteiger charge is 2.09. The molecule has 2 aromatic rings. The van der Waals surface area contributed by atoms with E-state index in [0.717, 1.165) is 17.5 Å². The van der Waals surface area contributed by atoms with Gasteiger partial charge < -0.3 is 5.73 Å². The van der Waals surface area contributed by atoms with Crippen LogP contribution in [0.3, 0.4) is 0 Å². The van der Waals surface area contributed by atoms with Crippen molar-refractivity contribution < 1.29 is 4.39 Å². The van der Waals surface area contributed by atoms with Crippen molar-refractivity contribution in [3.8, 4) is 0 Å². The molecular weight excluding hydrogens is 340 g/mol. The number of aryl methyl sites for hydroxylation is 1. The summed E-state index contributed by atoms with van der Waals surface area (Å²) in [6.45, 7) is 1.88. The SMILES string of the molecule is Cc1cc(F)cc(C(N)Cc2ccc(I)cc2)c1. The molecule has 2 N–H and O–H groups in total. The van der Waals surface area contributed by atoms with Crippen LogP contribution in [0, 0.1) is 16.3 Å². The van der Waals surface area contributed by atoms with Gasteiger partial charge in [-0.25, -0.2) is 4.39 Å². The van der Waals surface area contributed by atoms with Crippen LogP contribution in [-0.2, 0) is 6.42 Å². The van der Waals surface area contributed by atoms with Gasteiger partial charge in [0, 0.05) is 9.61 Å². The third-order valence-electron chi connectivity index (χ3n) is 2.86. The molecule has 1 nitrogen and oxygen atoms in total. The Kier molecular flexibility index (Phi) is 4.35. The van der Waals surface area contributed by atoms with Crippen molar-refractivity contribution >= 4 is 22.6 Å². The van der Waals surface area contributed by atoms with Crippen LogP contribution in [-0.4, -0.2) is 0 Å². The first kappa shape index (κ1) is 13.5. The molecule has 0 spiro atoms. The molecular formula is C15H15FIN. The molecule has 0 aliphatic carbocycles. The average molecular weight is 355 g/mol. The zero-order valence-electron chi connectivity index (χ0n) is 10.2. The van der Waals surface area contributed by atoms with Crippen LogP contribution in [0.15, 0.2) is 42.5 Å². The van der Waals surface area contributed by atoms with Crippen LogP contribution in [0.1, 0.15) is 22.7 Å². The Bertz CT molecular complexity index is 516. The summed E-state index contributed by atoms with van der Waals surface area (Å²) in [5.74, 6) is -0.219. The van der Waals surface area contributed by atoms with Gasteiger partial charge >= 0.3 is 0 Å². The first-order valence-electron chi connectivity index (χ1n) is 5.82. The van der Waals surface area contributed by atoms with E-state index in [4.69, 9.17) is 5.73 Å². The Morgan fingerprint density at radius 3 is 2.44 bits per heavy atom. The number of halogens is 2. The Balaban J connectivity index is 2.16. The van der Waals surface area contributed by atoms with Crippen molar-refractivity contribution in [3.05, 3.63) is 68.5 Å². The second kappa shape index (κ2) is 5.80. The summed E-state index contributed by atoms with van der Waals surface area (Å²) in [6, 6.07) is 13.0. The lowest BCUT2D eigenvalue weighted by atomic mass is 9.98. The molecule has 0 aromatic heterocycles. The molecule has 0 radical (unpaired) electrons. The van der Waals surface area contributed by atoms with Gasteiger partial charge in [0.15, 0.2) is 0 Å². The maximum Gasteiger partial charge on any atom is 0.123 e. The lowest BCUT2D eigenvalue weighted by Crippen LogP contribution is -2.13. The van der Waals surface area contributed by atoms with Crippen LogP contribution in [0.2, 0.25) is 0 Å². The van der Waals surface area contributed by atoms with E-state index >= 15 is 0 Å². The second-order valence-electron chi connectivity index (χ2n) is 4.50. The molecule has 1 unspecified atom stereocenters. The molecule has 2 rings (SSSR count). The summed E-state index contributed by atoms with van der Waals surface area (Å²) in [4.78, 5) is 0. The molecule has 0 saturated carbocycles. The average Bonchev–Trinajstić information content (AvgIpc) is 2.31. The van der Waals surface area contributed by atoms with Crippen molar-refractivity contribution in [3.63, 3.8) is 0 Å². The smallest absolute Gasteiger partial charge is 0.123 e. The molecule has 0 heterocycles. The number of benzene rings is 2. The fraction of sp³-hybridized carbons (Fsp3) is 0.200. The highest BCUT2D eigenvalue weighted by Crippen LogP contribution is 2.19. The van der Waals surface area contributed by atoms with Gasteiger partial charge in [-0.3, -0.25) is 0 Å². The second-order valence-corrected chi connectivity index (χ2v) is 5.74. The number of hydrogen-bond donors (Lipinski definition) is 1. The minimum Gasteiger partial charge on any atom is -0.324 e. The third-order valence-corrected chi connectivity index (χ3v) is 3.58. The lowest BCUT2D eigenvalue weighted by Gasteiger charge is -2.13. The summed E-state index contributed by atoms with van der Waals surface area (Å²) in [6.07, 6.45) is 0.722. The highest BCUT2D eigenvalue weighted by molar-refractivity contribution is 14.1. The number of nitrogens with two attached hydrogens (primary N) is 1. The molecule has 1 atom stereocenters. The van der Waals surface area contributed by atoms with Gasteiger partial charge in [0.25, 0.3) is 0 Å². The van der Waals surface area contributed by atoms with E-state index in [0.29, 0.717) is 0 Å². The first-order chi connectivity index (χ1) is 8.54. The van der Waals surface area contributed by atoms with E-state index in [1.807, 2.05) is 13.0 Å². The molecule has 18 heavy (non-hydrogen) atoms. The molecule has 0 aliphatic rings. The summed E-state index contributed by atoms with van der Waals surface area (Å²) in [7, 11) is 0. The van der Waals surface area contributed by atoms with Crippen molar-refractivity contribution in [2.75, 3.05) is 0 Å². The predicted octanol–water partition coefficient (Wildman–Crippen LogP) is 3.98. The zero-order chi connectivity index (χ0) is 13.1. The van der Waals surface area contributed by atoms with Gasteiger partial charge in [-0.1, -0.05) is 18.2 Å². The van der Waals surface area contributed by atoms with Gasteiger partial charge in [-0.05, 0) is 76.9 Å². The summed E-state index contributed by atoms with van der Waals surface area (Å²) in [5.41, 5.74) is 9.06.